The molecule has 0 spiro atoms. The van der Waals surface area contributed by atoms with Crippen LogP contribution in [0.4, 0.5) is 9.18 Å². The molecule has 5 nitrogen and oxygen atoms in total. The highest BCUT2D eigenvalue weighted by Crippen LogP contribution is 2.16. The Bertz CT molecular complexity index is 675. The van der Waals surface area contributed by atoms with Crippen LogP contribution in [0, 0.1) is 5.82 Å². The molecule has 0 aliphatic carbocycles. The molecule has 2 aromatic carbocycles. The Morgan fingerprint density at radius 1 is 1.13 bits per heavy atom. The summed E-state index contributed by atoms with van der Waals surface area (Å²) in [5.41, 5.74) is 1.10. The summed E-state index contributed by atoms with van der Waals surface area (Å²) >= 11 is 0. The van der Waals surface area contributed by atoms with Gasteiger partial charge in [0.15, 0.2) is 0 Å². The van der Waals surface area contributed by atoms with Gasteiger partial charge in [0, 0.05) is 6.54 Å². The molecule has 0 aliphatic heterocycles. The van der Waals surface area contributed by atoms with Crippen molar-refractivity contribution in [2.75, 3.05) is 6.54 Å². The number of carboxylic acids is 1. The Morgan fingerprint density at radius 3 is 2.52 bits per heavy atom. The third-order valence-electron chi connectivity index (χ3n) is 3.21. The molecule has 0 aromatic heterocycles. The Kier molecular flexibility index (Phi) is 5.68. The molecule has 2 N–H and O–H groups in total. The van der Waals surface area contributed by atoms with Crippen molar-refractivity contribution in [3.63, 3.8) is 0 Å². The molecule has 2 rings (SSSR count). The second-order valence-electron chi connectivity index (χ2n) is 4.89. The first-order valence-corrected chi connectivity index (χ1v) is 6.99. The van der Waals surface area contributed by atoms with Crippen LogP contribution in [-0.4, -0.2) is 23.7 Å². The minimum Gasteiger partial charge on any atom is -0.481 e. The van der Waals surface area contributed by atoms with Gasteiger partial charge in [-0.3, -0.25) is 4.79 Å². The Hall–Kier alpha value is -2.89. The number of benzene rings is 2. The molecule has 0 saturated carbocycles. The lowest BCUT2D eigenvalue weighted by Crippen LogP contribution is -2.32. The number of hydrogen-bond acceptors (Lipinski definition) is 3. The molecule has 23 heavy (non-hydrogen) atoms. The second-order valence-corrected chi connectivity index (χ2v) is 4.89. The highest BCUT2D eigenvalue weighted by atomic mass is 19.1. The van der Waals surface area contributed by atoms with E-state index in [-0.39, 0.29) is 18.7 Å². The number of carbonyl (C=O) groups excluding carboxylic acids is 1. The monoisotopic (exact) mass is 317 g/mol. The average Bonchev–Trinajstić information content (AvgIpc) is 2.54. The molecule has 0 saturated heterocycles. The highest BCUT2D eigenvalue weighted by Gasteiger charge is 2.21. The number of alkyl carbamates (subject to hydrolysis) is 1. The standard InChI is InChI=1S/C17H16FNO4/c18-14-8-4-7-13(9-14)15(16(20)21)10-19-17(22)23-11-12-5-2-1-3-6-12/h1-9,15H,10-11H2,(H,19,22)(H,20,21)/t15-/m0/s1. The van der Waals surface area contributed by atoms with Gasteiger partial charge in [0.2, 0.25) is 0 Å². The van der Waals surface area contributed by atoms with Crippen LogP contribution in [-0.2, 0) is 16.1 Å². The van der Waals surface area contributed by atoms with E-state index in [0.29, 0.717) is 0 Å². The van der Waals surface area contributed by atoms with E-state index in [1.54, 1.807) is 12.1 Å². The molecule has 0 bridgehead atoms. The Balaban J connectivity index is 1.89. The normalized spacial score (nSPS) is 11.5. The number of carboxylic acid groups (broad SMARTS) is 1. The summed E-state index contributed by atoms with van der Waals surface area (Å²) in [6.07, 6.45) is -0.725. The van der Waals surface area contributed by atoms with Crippen LogP contribution < -0.4 is 5.32 Å². The predicted octanol–water partition coefficient (Wildman–Crippen LogP) is 2.92. The average molecular weight is 317 g/mol. The molecule has 0 fully saturated rings. The predicted molar refractivity (Wildman–Crippen MR) is 81.4 cm³/mol. The quantitative estimate of drug-likeness (QED) is 0.859. The first kappa shape index (κ1) is 16.5. The molecule has 1 amide bonds. The van der Waals surface area contributed by atoms with Crippen molar-refractivity contribution >= 4 is 12.1 Å². The fourth-order valence-electron chi connectivity index (χ4n) is 2.03. The fourth-order valence-corrected chi connectivity index (χ4v) is 2.03. The molecule has 120 valence electrons. The van der Waals surface area contributed by atoms with Crippen LogP contribution in [0.2, 0.25) is 0 Å². The van der Waals surface area contributed by atoms with Gasteiger partial charge in [-0.15, -0.1) is 0 Å². The topological polar surface area (TPSA) is 75.6 Å². The number of hydrogen-bond donors (Lipinski definition) is 2. The molecular formula is C17H16FNO4. The van der Waals surface area contributed by atoms with E-state index in [1.165, 1.54) is 18.2 Å². The van der Waals surface area contributed by atoms with Gasteiger partial charge in [0.05, 0.1) is 5.92 Å². The molecule has 2 aromatic rings. The van der Waals surface area contributed by atoms with Gasteiger partial charge in [-0.05, 0) is 23.3 Å². The number of amides is 1. The van der Waals surface area contributed by atoms with Gasteiger partial charge in [-0.25, -0.2) is 9.18 Å². The lowest BCUT2D eigenvalue weighted by Gasteiger charge is -2.14. The lowest BCUT2D eigenvalue weighted by atomic mass is 9.99. The van der Waals surface area contributed by atoms with Gasteiger partial charge in [0.1, 0.15) is 12.4 Å². The highest BCUT2D eigenvalue weighted by molar-refractivity contribution is 5.77. The van der Waals surface area contributed by atoms with Gasteiger partial charge >= 0.3 is 12.1 Å². The number of rotatable bonds is 6. The van der Waals surface area contributed by atoms with E-state index in [0.717, 1.165) is 11.6 Å². The molecule has 6 heteroatoms. The van der Waals surface area contributed by atoms with Crippen LogP contribution in [0.15, 0.2) is 54.6 Å². The molecule has 1 atom stereocenters. The van der Waals surface area contributed by atoms with Crippen LogP contribution in [0.3, 0.4) is 0 Å². The number of nitrogens with one attached hydrogen (secondary N) is 1. The third-order valence-corrected chi connectivity index (χ3v) is 3.21. The maximum Gasteiger partial charge on any atom is 0.407 e. The zero-order valence-corrected chi connectivity index (χ0v) is 12.2. The fraction of sp³-hybridized carbons (Fsp3) is 0.176. The first-order chi connectivity index (χ1) is 11.1. The number of aliphatic carboxylic acids is 1. The van der Waals surface area contributed by atoms with E-state index in [9.17, 15) is 19.1 Å². The molecular weight excluding hydrogens is 301 g/mol. The van der Waals surface area contributed by atoms with Gasteiger partial charge in [-0.2, -0.15) is 0 Å². The summed E-state index contributed by atoms with van der Waals surface area (Å²) < 4.78 is 18.2. The van der Waals surface area contributed by atoms with Gasteiger partial charge < -0.3 is 15.2 Å². The smallest absolute Gasteiger partial charge is 0.407 e. The van der Waals surface area contributed by atoms with E-state index < -0.39 is 23.8 Å². The van der Waals surface area contributed by atoms with Gasteiger partial charge in [-0.1, -0.05) is 42.5 Å². The molecule has 0 aliphatic rings. The maximum atomic E-state index is 13.2. The minimum atomic E-state index is -1.15. The van der Waals surface area contributed by atoms with Crippen molar-refractivity contribution in [3.05, 3.63) is 71.5 Å². The zero-order valence-electron chi connectivity index (χ0n) is 12.2. The number of carbonyl (C=O) groups is 2. The van der Waals surface area contributed by atoms with E-state index >= 15 is 0 Å². The van der Waals surface area contributed by atoms with Crippen molar-refractivity contribution < 1.29 is 23.8 Å². The summed E-state index contributed by atoms with van der Waals surface area (Å²) in [7, 11) is 0. The van der Waals surface area contributed by atoms with Crippen LogP contribution >= 0.6 is 0 Å². The largest absolute Gasteiger partial charge is 0.481 e. The van der Waals surface area contributed by atoms with E-state index in [2.05, 4.69) is 5.32 Å². The summed E-state index contributed by atoms with van der Waals surface area (Å²) in [6.45, 7) is -0.100. The van der Waals surface area contributed by atoms with E-state index in [4.69, 9.17) is 4.74 Å². The SMILES string of the molecule is O=C(NC[C@H](C(=O)O)c1cccc(F)c1)OCc1ccccc1. The summed E-state index contributed by atoms with van der Waals surface area (Å²) in [5, 5.41) is 11.6. The Morgan fingerprint density at radius 2 is 1.87 bits per heavy atom. The maximum absolute atomic E-state index is 13.2. The molecule has 0 radical (unpaired) electrons. The van der Waals surface area contributed by atoms with Crippen molar-refractivity contribution in [2.24, 2.45) is 0 Å². The van der Waals surface area contributed by atoms with Crippen molar-refractivity contribution in [2.45, 2.75) is 12.5 Å². The Labute approximate surface area is 132 Å². The molecule has 0 heterocycles. The summed E-state index contributed by atoms with van der Waals surface area (Å²) in [4.78, 5) is 22.9. The number of halogens is 1. The van der Waals surface area contributed by atoms with E-state index in [1.807, 2.05) is 18.2 Å². The minimum absolute atomic E-state index is 0.0877. The van der Waals surface area contributed by atoms with Gasteiger partial charge in [0.25, 0.3) is 0 Å². The van der Waals surface area contributed by atoms with Crippen LogP contribution in [0.1, 0.15) is 17.0 Å². The third kappa shape index (κ3) is 5.10. The summed E-state index contributed by atoms with van der Waals surface area (Å²) in [5.74, 6) is -2.73. The first-order valence-electron chi connectivity index (χ1n) is 6.99. The zero-order chi connectivity index (χ0) is 16.7. The van der Waals surface area contributed by atoms with Crippen molar-refractivity contribution in [1.82, 2.24) is 5.32 Å². The second kappa shape index (κ2) is 7.93. The molecule has 0 unspecified atom stereocenters. The lowest BCUT2D eigenvalue weighted by molar-refractivity contribution is -0.138. The van der Waals surface area contributed by atoms with Crippen LogP contribution in [0.5, 0.6) is 0 Å². The summed E-state index contributed by atoms with van der Waals surface area (Å²) in [6, 6.07) is 14.4. The van der Waals surface area contributed by atoms with Crippen molar-refractivity contribution in [3.8, 4) is 0 Å². The number of ether oxygens (including phenoxy) is 1. The van der Waals surface area contributed by atoms with Crippen LogP contribution in [0.25, 0.3) is 0 Å². The van der Waals surface area contributed by atoms with Crippen molar-refractivity contribution in [1.29, 1.82) is 0 Å².